The van der Waals surface area contributed by atoms with Crippen LogP contribution >= 0.6 is 0 Å². The van der Waals surface area contributed by atoms with E-state index in [-0.39, 0.29) is 0 Å². The fraction of sp³-hybridized carbons (Fsp3) is 0. The lowest BCUT2D eigenvalue weighted by Crippen LogP contribution is -2.11. The molecule has 0 N–H and O–H groups in total. The molecule has 0 unspecified atom stereocenters. The fourth-order valence-electron chi connectivity index (χ4n) is 10.9. The van der Waals surface area contributed by atoms with Crippen molar-refractivity contribution in [1.29, 1.82) is 0 Å². The van der Waals surface area contributed by atoms with Crippen LogP contribution in [0.1, 0.15) is 0 Å². The molecule has 0 spiro atoms. The van der Waals surface area contributed by atoms with Crippen LogP contribution in [0, 0.1) is 0 Å². The summed E-state index contributed by atoms with van der Waals surface area (Å²) >= 11 is 0. The van der Waals surface area contributed by atoms with E-state index in [4.69, 9.17) is 29.9 Å². The number of hydrogen-bond donors (Lipinski definition) is 0. The molecule has 0 fully saturated rings. The summed E-state index contributed by atoms with van der Waals surface area (Å²) in [4.78, 5) is 31.6. The number of benzene rings is 7. The molecule has 326 valence electrons. The molecule has 0 atom stereocenters. The first kappa shape index (κ1) is 38.3. The first-order valence-electron chi connectivity index (χ1n) is 23.3. The van der Waals surface area contributed by atoms with E-state index < -0.39 is 0 Å². The zero-order chi connectivity index (χ0) is 45.9. The summed E-state index contributed by atoms with van der Waals surface area (Å²) in [5.74, 6) is 1.55. The number of rotatable bonds is 6. The van der Waals surface area contributed by atoms with Crippen molar-refractivity contribution in [3.8, 4) is 45.8 Å². The smallest absolute Gasteiger partial charge is 0.238 e. The predicted molar refractivity (Wildman–Crippen MR) is 281 cm³/mol. The van der Waals surface area contributed by atoms with Crippen LogP contribution in [0.2, 0.25) is 0 Å². The molecular formula is C60H36N10. The van der Waals surface area contributed by atoms with Crippen molar-refractivity contribution in [3.63, 3.8) is 0 Å². The van der Waals surface area contributed by atoms with Crippen LogP contribution in [0.4, 0.5) is 0 Å². The number of para-hydroxylation sites is 5. The van der Waals surface area contributed by atoms with Crippen molar-refractivity contribution < 1.29 is 0 Å². The molecule has 0 radical (unpaired) electrons. The van der Waals surface area contributed by atoms with Crippen LogP contribution in [0.15, 0.2) is 219 Å². The molecule has 7 aromatic carbocycles. The fourth-order valence-corrected chi connectivity index (χ4v) is 10.9. The van der Waals surface area contributed by atoms with Gasteiger partial charge in [-0.15, -0.1) is 0 Å². The largest absolute Gasteiger partial charge is 0.308 e. The van der Waals surface area contributed by atoms with Crippen molar-refractivity contribution >= 4 is 87.6 Å². The monoisotopic (exact) mass is 896 g/mol. The van der Waals surface area contributed by atoms with Crippen molar-refractivity contribution in [2.24, 2.45) is 0 Å². The quantitative estimate of drug-likeness (QED) is 0.165. The minimum absolute atomic E-state index is 0.497. The lowest BCUT2D eigenvalue weighted by molar-refractivity contribution is 0.950. The molecule has 15 aromatic rings. The maximum atomic E-state index is 5.67. The van der Waals surface area contributed by atoms with Crippen LogP contribution in [0.5, 0.6) is 0 Å². The van der Waals surface area contributed by atoms with Crippen LogP contribution in [-0.2, 0) is 0 Å². The number of fused-ring (bicyclic) bond motifs is 12. The third-order valence-electron chi connectivity index (χ3n) is 13.8. The van der Waals surface area contributed by atoms with Gasteiger partial charge in [-0.1, -0.05) is 121 Å². The van der Waals surface area contributed by atoms with Gasteiger partial charge in [-0.25, -0.2) is 4.98 Å². The Morgan fingerprint density at radius 1 is 0.300 bits per heavy atom. The van der Waals surface area contributed by atoms with Gasteiger partial charge >= 0.3 is 0 Å². The van der Waals surface area contributed by atoms with Crippen LogP contribution in [-0.4, -0.2) is 48.2 Å². The second-order valence-corrected chi connectivity index (χ2v) is 17.6. The van der Waals surface area contributed by atoms with Gasteiger partial charge in [0.25, 0.3) is 0 Å². The summed E-state index contributed by atoms with van der Waals surface area (Å²) in [6.45, 7) is 0. The van der Waals surface area contributed by atoms with Gasteiger partial charge in [-0.3, -0.25) is 19.5 Å². The average molecular weight is 897 g/mol. The summed E-state index contributed by atoms with van der Waals surface area (Å²) < 4.78 is 9.20. The van der Waals surface area contributed by atoms with E-state index in [0.717, 1.165) is 116 Å². The van der Waals surface area contributed by atoms with Crippen LogP contribution < -0.4 is 0 Å². The van der Waals surface area contributed by atoms with E-state index in [1.54, 1.807) is 0 Å². The highest BCUT2D eigenvalue weighted by molar-refractivity contribution is 6.12. The van der Waals surface area contributed by atoms with Crippen LogP contribution in [0.3, 0.4) is 0 Å². The standard InChI is InChI=1S/C60H36N10/c1-2-17-37(18-3-1)58-64-59(66-60(65-58)70-45-24-9-4-19-39(45)40-20-5-10-25-46(40)70)44-35-38(67-47-26-11-6-21-41(47)54-50(67)29-14-32-61-54)36-53(68-48-27-12-7-22-42(48)55-51(68)30-15-33-62-55)57(44)69-49-28-13-8-23-43(49)56-52(69)31-16-34-63-56/h1-36H. The van der Waals surface area contributed by atoms with Gasteiger partial charge in [0, 0.05) is 62.3 Å². The third-order valence-corrected chi connectivity index (χ3v) is 13.8. The molecule has 0 aliphatic rings. The van der Waals surface area contributed by atoms with E-state index >= 15 is 0 Å². The number of pyridine rings is 3. The topological polar surface area (TPSA) is 97.1 Å². The molecule has 8 aromatic heterocycles. The van der Waals surface area contributed by atoms with E-state index in [2.05, 4.69) is 182 Å². The molecule has 0 bridgehead atoms. The normalized spacial score (nSPS) is 12.0. The van der Waals surface area contributed by atoms with Crippen molar-refractivity contribution in [1.82, 2.24) is 48.2 Å². The van der Waals surface area contributed by atoms with Gasteiger partial charge in [0.2, 0.25) is 5.95 Å². The molecule has 0 saturated heterocycles. The number of hydrogen-bond acceptors (Lipinski definition) is 6. The molecule has 10 heteroatoms. The molecule has 0 amide bonds. The Balaban J connectivity index is 1.18. The van der Waals surface area contributed by atoms with Gasteiger partial charge in [0.1, 0.15) is 0 Å². The summed E-state index contributed by atoms with van der Waals surface area (Å²) in [5, 5.41) is 5.36. The maximum absolute atomic E-state index is 5.67. The van der Waals surface area contributed by atoms with Gasteiger partial charge < -0.3 is 13.7 Å². The highest BCUT2D eigenvalue weighted by Crippen LogP contribution is 2.44. The summed E-state index contributed by atoms with van der Waals surface area (Å²) in [7, 11) is 0. The molecular weight excluding hydrogens is 861 g/mol. The van der Waals surface area contributed by atoms with Gasteiger partial charge in [0.05, 0.1) is 72.1 Å². The molecule has 0 aliphatic heterocycles. The van der Waals surface area contributed by atoms with E-state index in [0.29, 0.717) is 17.6 Å². The Morgan fingerprint density at radius 2 is 0.714 bits per heavy atom. The molecule has 70 heavy (non-hydrogen) atoms. The number of aromatic nitrogens is 10. The zero-order valence-corrected chi connectivity index (χ0v) is 37.3. The average Bonchev–Trinajstić information content (AvgIpc) is 4.16. The van der Waals surface area contributed by atoms with Gasteiger partial charge in [-0.05, 0) is 78.9 Å². The Kier molecular flexibility index (Phi) is 8.13. The molecule has 10 nitrogen and oxygen atoms in total. The first-order valence-corrected chi connectivity index (χ1v) is 23.3. The molecule has 0 aliphatic carbocycles. The second kappa shape index (κ2) is 14.9. The van der Waals surface area contributed by atoms with Gasteiger partial charge in [-0.2, -0.15) is 9.97 Å². The highest BCUT2D eigenvalue weighted by atomic mass is 15.2. The minimum atomic E-state index is 0.497. The summed E-state index contributed by atoms with van der Waals surface area (Å²) in [6.07, 6.45) is 5.61. The predicted octanol–water partition coefficient (Wildman–Crippen LogP) is 13.8. The Morgan fingerprint density at radius 3 is 1.27 bits per heavy atom. The molecule has 15 rings (SSSR count). The minimum Gasteiger partial charge on any atom is -0.308 e. The zero-order valence-electron chi connectivity index (χ0n) is 37.3. The lowest BCUT2D eigenvalue weighted by atomic mass is 10.1. The number of nitrogens with zero attached hydrogens (tertiary/aromatic N) is 10. The summed E-state index contributed by atoms with van der Waals surface area (Å²) in [5.41, 5.74) is 14.9. The lowest BCUT2D eigenvalue weighted by Gasteiger charge is -2.22. The molecule has 8 heterocycles. The highest BCUT2D eigenvalue weighted by Gasteiger charge is 2.28. The Hall–Kier alpha value is -9.80. The van der Waals surface area contributed by atoms with Gasteiger partial charge in [0.15, 0.2) is 11.6 Å². The molecule has 0 saturated carbocycles. The van der Waals surface area contributed by atoms with E-state index in [1.165, 1.54) is 0 Å². The maximum Gasteiger partial charge on any atom is 0.238 e. The van der Waals surface area contributed by atoms with E-state index in [9.17, 15) is 0 Å². The van der Waals surface area contributed by atoms with Crippen molar-refractivity contribution in [3.05, 3.63) is 219 Å². The van der Waals surface area contributed by atoms with E-state index in [1.807, 2.05) is 55.0 Å². The second-order valence-electron chi connectivity index (χ2n) is 17.6. The summed E-state index contributed by atoms with van der Waals surface area (Å²) in [6, 6.07) is 69.7. The van der Waals surface area contributed by atoms with Crippen molar-refractivity contribution in [2.75, 3.05) is 0 Å². The Labute approximate surface area is 398 Å². The van der Waals surface area contributed by atoms with Crippen LogP contribution in [0.25, 0.3) is 133 Å². The SMILES string of the molecule is c1ccc(-c2nc(-c3cc(-n4c5ccccc5c5ncccc54)cc(-n4c5ccccc5c5ncccc54)c3-n3c4ccccc4c4ncccc43)nc(-n3c4ccccc4c4ccccc43)n2)cc1. The third kappa shape index (κ3) is 5.49. The van der Waals surface area contributed by atoms with Crippen molar-refractivity contribution in [2.45, 2.75) is 0 Å². The Bertz CT molecular complexity index is 4400. The first-order chi connectivity index (χ1) is 34.8.